The molecule has 3 rings (SSSR count). The minimum absolute atomic E-state index is 0.00934. The Kier molecular flexibility index (Phi) is 5.14. The third-order valence-corrected chi connectivity index (χ3v) is 4.34. The van der Waals surface area contributed by atoms with Gasteiger partial charge >= 0.3 is 5.97 Å². The number of carbonyl (C=O) groups is 2. The Morgan fingerprint density at radius 1 is 1.04 bits per heavy atom. The molecule has 130 valence electrons. The van der Waals surface area contributed by atoms with Gasteiger partial charge in [0.1, 0.15) is 0 Å². The molecule has 0 spiro atoms. The number of carboxylic acids is 1. The monoisotopic (exact) mass is 339 g/mol. The van der Waals surface area contributed by atoms with E-state index in [1.165, 1.54) is 0 Å². The SMILES string of the molecule is C[C@H]1CN(C(=O)c2ccccc2-c2ccccc2C(=O)O)CCCO1. The summed E-state index contributed by atoms with van der Waals surface area (Å²) in [5, 5.41) is 9.47. The Bertz CT molecular complexity index is 787. The topological polar surface area (TPSA) is 66.8 Å². The van der Waals surface area contributed by atoms with Crippen molar-refractivity contribution in [1.82, 2.24) is 4.90 Å². The van der Waals surface area contributed by atoms with E-state index < -0.39 is 5.97 Å². The van der Waals surface area contributed by atoms with Gasteiger partial charge in [0.2, 0.25) is 0 Å². The maximum absolute atomic E-state index is 13.1. The van der Waals surface area contributed by atoms with E-state index in [1.807, 2.05) is 13.0 Å². The summed E-state index contributed by atoms with van der Waals surface area (Å²) in [6.07, 6.45) is 0.786. The largest absolute Gasteiger partial charge is 0.478 e. The zero-order valence-corrected chi connectivity index (χ0v) is 14.1. The third-order valence-electron chi connectivity index (χ3n) is 4.34. The summed E-state index contributed by atoms with van der Waals surface area (Å²) in [5.41, 5.74) is 1.90. The maximum atomic E-state index is 13.1. The molecule has 1 saturated heterocycles. The normalized spacial score (nSPS) is 17.8. The first kappa shape index (κ1) is 17.2. The molecule has 0 radical (unpaired) electrons. The number of carbonyl (C=O) groups excluding carboxylic acids is 1. The second-order valence-corrected chi connectivity index (χ2v) is 6.18. The van der Waals surface area contributed by atoms with Gasteiger partial charge in [-0.2, -0.15) is 0 Å². The zero-order valence-electron chi connectivity index (χ0n) is 14.1. The Morgan fingerprint density at radius 2 is 1.64 bits per heavy atom. The minimum atomic E-state index is -1.00. The molecule has 5 heteroatoms. The second kappa shape index (κ2) is 7.49. The fourth-order valence-electron chi connectivity index (χ4n) is 3.16. The fraction of sp³-hybridized carbons (Fsp3) is 0.300. The van der Waals surface area contributed by atoms with Crippen molar-refractivity contribution in [3.8, 4) is 11.1 Å². The lowest BCUT2D eigenvalue weighted by Crippen LogP contribution is -2.36. The van der Waals surface area contributed by atoms with Crippen LogP contribution in [0.1, 0.15) is 34.1 Å². The van der Waals surface area contributed by atoms with Gasteiger partial charge in [-0.15, -0.1) is 0 Å². The summed E-state index contributed by atoms with van der Waals surface area (Å²) in [4.78, 5) is 26.4. The predicted molar refractivity (Wildman–Crippen MR) is 94.8 cm³/mol. The molecule has 2 aromatic carbocycles. The van der Waals surface area contributed by atoms with Crippen LogP contribution in [0.25, 0.3) is 11.1 Å². The minimum Gasteiger partial charge on any atom is -0.478 e. The molecule has 1 atom stereocenters. The van der Waals surface area contributed by atoms with E-state index in [2.05, 4.69) is 0 Å². The molecule has 1 aliphatic heterocycles. The van der Waals surface area contributed by atoms with Crippen molar-refractivity contribution in [2.75, 3.05) is 19.7 Å². The van der Waals surface area contributed by atoms with Gasteiger partial charge in [-0.3, -0.25) is 4.79 Å². The highest BCUT2D eigenvalue weighted by molar-refractivity contribution is 6.04. The highest BCUT2D eigenvalue weighted by Crippen LogP contribution is 2.28. The maximum Gasteiger partial charge on any atom is 0.336 e. The van der Waals surface area contributed by atoms with Crippen LogP contribution in [-0.4, -0.2) is 47.7 Å². The van der Waals surface area contributed by atoms with E-state index in [1.54, 1.807) is 47.4 Å². The molecule has 0 aromatic heterocycles. The summed E-state index contributed by atoms with van der Waals surface area (Å²) < 4.78 is 5.61. The molecule has 0 aliphatic carbocycles. The molecule has 2 aromatic rings. The van der Waals surface area contributed by atoms with Crippen molar-refractivity contribution in [1.29, 1.82) is 0 Å². The number of rotatable bonds is 3. The molecule has 1 aliphatic rings. The van der Waals surface area contributed by atoms with E-state index in [-0.39, 0.29) is 17.6 Å². The van der Waals surface area contributed by atoms with Crippen molar-refractivity contribution in [3.05, 3.63) is 59.7 Å². The quantitative estimate of drug-likeness (QED) is 0.932. The van der Waals surface area contributed by atoms with Crippen LogP contribution >= 0.6 is 0 Å². The summed E-state index contributed by atoms with van der Waals surface area (Å²) in [6, 6.07) is 13.9. The van der Waals surface area contributed by atoms with Crippen molar-refractivity contribution in [2.45, 2.75) is 19.4 Å². The Labute approximate surface area is 146 Å². The Balaban J connectivity index is 2.02. The third kappa shape index (κ3) is 3.72. The van der Waals surface area contributed by atoms with Crippen LogP contribution < -0.4 is 0 Å². The van der Waals surface area contributed by atoms with Gasteiger partial charge in [-0.05, 0) is 36.6 Å². The van der Waals surface area contributed by atoms with Crippen molar-refractivity contribution in [3.63, 3.8) is 0 Å². The van der Waals surface area contributed by atoms with Gasteiger partial charge in [-0.25, -0.2) is 4.79 Å². The van der Waals surface area contributed by atoms with Gasteiger partial charge in [0.15, 0.2) is 0 Å². The second-order valence-electron chi connectivity index (χ2n) is 6.18. The first-order chi connectivity index (χ1) is 12.1. The molecule has 0 saturated carbocycles. The van der Waals surface area contributed by atoms with E-state index >= 15 is 0 Å². The first-order valence-corrected chi connectivity index (χ1v) is 8.40. The van der Waals surface area contributed by atoms with E-state index in [4.69, 9.17) is 4.74 Å². The van der Waals surface area contributed by atoms with Crippen molar-refractivity contribution >= 4 is 11.9 Å². The summed E-state index contributed by atoms with van der Waals surface area (Å²) in [7, 11) is 0. The van der Waals surface area contributed by atoms with Gasteiger partial charge in [0.05, 0.1) is 11.7 Å². The standard InChI is InChI=1S/C20H21NO4/c1-14-13-21(11-6-12-25-14)19(22)17-9-4-2-7-15(17)16-8-3-5-10-18(16)20(23)24/h2-5,7-10,14H,6,11-13H2,1H3,(H,23,24)/t14-/m0/s1. The average Bonchev–Trinajstić information content (AvgIpc) is 2.85. The number of aromatic carboxylic acids is 1. The molecule has 1 fully saturated rings. The number of hydrogen-bond donors (Lipinski definition) is 1. The van der Waals surface area contributed by atoms with E-state index in [0.29, 0.717) is 36.4 Å². The molecule has 25 heavy (non-hydrogen) atoms. The molecule has 1 heterocycles. The van der Waals surface area contributed by atoms with Gasteiger partial charge < -0.3 is 14.7 Å². The van der Waals surface area contributed by atoms with Crippen molar-refractivity contribution in [2.24, 2.45) is 0 Å². The molecule has 0 bridgehead atoms. The van der Waals surface area contributed by atoms with Gasteiger partial charge in [0.25, 0.3) is 5.91 Å². The van der Waals surface area contributed by atoms with Gasteiger partial charge in [-0.1, -0.05) is 36.4 Å². The number of carboxylic acid groups (broad SMARTS) is 1. The number of ether oxygens (including phenoxy) is 1. The van der Waals surface area contributed by atoms with E-state index in [9.17, 15) is 14.7 Å². The van der Waals surface area contributed by atoms with Crippen LogP contribution in [-0.2, 0) is 4.74 Å². The Morgan fingerprint density at radius 3 is 2.32 bits per heavy atom. The summed E-state index contributed by atoms with van der Waals surface area (Å²) >= 11 is 0. The van der Waals surface area contributed by atoms with Gasteiger partial charge in [0, 0.05) is 25.3 Å². The number of benzene rings is 2. The lowest BCUT2D eigenvalue weighted by atomic mass is 9.94. The zero-order chi connectivity index (χ0) is 17.8. The summed E-state index contributed by atoms with van der Waals surface area (Å²) in [5.74, 6) is -1.09. The van der Waals surface area contributed by atoms with Crippen LogP contribution in [0.3, 0.4) is 0 Å². The number of nitrogens with zero attached hydrogens (tertiary/aromatic N) is 1. The van der Waals surface area contributed by atoms with Crippen LogP contribution in [0.2, 0.25) is 0 Å². The molecule has 0 unspecified atom stereocenters. The average molecular weight is 339 g/mol. The van der Waals surface area contributed by atoms with Crippen LogP contribution in [0.5, 0.6) is 0 Å². The summed E-state index contributed by atoms with van der Waals surface area (Å²) in [6.45, 7) is 3.78. The highest BCUT2D eigenvalue weighted by Gasteiger charge is 2.24. The van der Waals surface area contributed by atoms with Crippen LogP contribution in [0.15, 0.2) is 48.5 Å². The molecular weight excluding hydrogens is 318 g/mol. The predicted octanol–water partition coefficient (Wildman–Crippen LogP) is 3.30. The van der Waals surface area contributed by atoms with E-state index in [0.717, 1.165) is 6.42 Å². The van der Waals surface area contributed by atoms with Crippen molar-refractivity contribution < 1.29 is 19.4 Å². The highest BCUT2D eigenvalue weighted by atomic mass is 16.5. The molecule has 1 amide bonds. The van der Waals surface area contributed by atoms with Crippen LogP contribution in [0, 0.1) is 0 Å². The molecular formula is C20H21NO4. The molecule has 1 N–H and O–H groups in total. The lowest BCUT2D eigenvalue weighted by molar-refractivity contribution is 0.0563. The Hall–Kier alpha value is -2.66. The lowest BCUT2D eigenvalue weighted by Gasteiger charge is -2.23. The fourth-order valence-corrected chi connectivity index (χ4v) is 3.16. The number of amides is 1. The first-order valence-electron chi connectivity index (χ1n) is 8.40. The van der Waals surface area contributed by atoms with Crippen LogP contribution in [0.4, 0.5) is 0 Å². The smallest absolute Gasteiger partial charge is 0.336 e. The molecule has 5 nitrogen and oxygen atoms in total. The number of hydrogen-bond acceptors (Lipinski definition) is 3.